The van der Waals surface area contributed by atoms with Crippen LogP contribution in [0.5, 0.6) is 0 Å². The van der Waals surface area contributed by atoms with Crippen molar-refractivity contribution in [3.05, 3.63) is 48.4 Å². The fraction of sp³-hybridized carbons (Fsp3) is 0.222. The van der Waals surface area contributed by atoms with Gasteiger partial charge in [0.15, 0.2) is 0 Å². The Morgan fingerprint density at radius 3 is 3.12 bits per heavy atom. The maximum Gasteiger partial charge on any atom is 0.217 e. The summed E-state index contributed by atoms with van der Waals surface area (Å²) in [5.41, 5.74) is 3.30. The van der Waals surface area contributed by atoms with Crippen molar-refractivity contribution in [2.75, 3.05) is 24.8 Å². The lowest BCUT2D eigenvalue weighted by atomic mass is 10.1. The van der Waals surface area contributed by atoms with Gasteiger partial charge < -0.3 is 21.4 Å². The maximum atomic E-state index is 7.55. The van der Waals surface area contributed by atoms with Gasteiger partial charge in [0, 0.05) is 24.5 Å². The van der Waals surface area contributed by atoms with Crippen molar-refractivity contribution >= 4 is 45.4 Å². The molecule has 1 aliphatic rings. The number of allylic oxidation sites excluding steroid dienone is 1. The van der Waals surface area contributed by atoms with Crippen LogP contribution in [0.4, 0.5) is 5.82 Å². The van der Waals surface area contributed by atoms with Crippen LogP contribution in [0.25, 0.3) is 16.6 Å². The number of quaternary nitrogens is 1. The van der Waals surface area contributed by atoms with Crippen LogP contribution in [0.1, 0.15) is 5.56 Å². The van der Waals surface area contributed by atoms with E-state index in [4.69, 9.17) is 10.8 Å². The average molecular weight is 369 g/mol. The minimum atomic E-state index is 0.278. The molecule has 1 unspecified atom stereocenters. The minimum absolute atomic E-state index is 0.278. The third-order valence-electron chi connectivity index (χ3n) is 4.01. The van der Waals surface area contributed by atoms with Crippen molar-refractivity contribution in [1.29, 1.82) is 5.41 Å². The second-order valence-electron chi connectivity index (χ2n) is 5.80. The van der Waals surface area contributed by atoms with E-state index in [-0.39, 0.29) is 5.92 Å². The highest BCUT2D eigenvalue weighted by molar-refractivity contribution is 8.13. The Morgan fingerprint density at radius 1 is 1.50 bits per heavy atom. The molecule has 3 heterocycles. The molecule has 0 saturated heterocycles. The molecule has 0 saturated carbocycles. The number of thioether (sulfide) groups is 1. The summed E-state index contributed by atoms with van der Waals surface area (Å²) in [6, 6.07) is 5.81. The van der Waals surface area contributed by atoms with Crippen molar-refractivity contribution in [3.8, 4) is 0 Å². The highest BCUT2D eigenvalue weighted by Gasteiger charge is 2.19. The van der Waals surface area contributed by atoms with Crippen LogP contribution >= 0.6 is 11.8 Å². The van der Waals surface area contributed by atoms with E-state index in [0.717, 1.165) is 39.6 Å². The summed E-state index contributed by atoms with van der Waals surface area (Å²) in [6.07, 6.45) is 9.00. The summed E-state index contributed by atoms with van der Waals surface area (Å²) >= 11 is 1.59. The van der Waals surface area contributed by atoms with E-state index in [1.807, 2.05) is 43.0 Å². The highest BCUT2D eigenvalue weighted by atomic mass is 32.2. The third-order valence-corrected chi connectivity index (χ3v) is 4.94. The van der Waals surface area contributed by atoms with Crippen molar-refractivity contribution in [2.45, 2.75) is 0 Å². The van der Waals surface area contributed by atoms with Gasteiger partial charge >= 0.3 is 0 Å². The smallest absolute Gasteiger partial charge is 0.217 e. The predicted molar refractivity (Wildman–Crippen MR) is 108 cm³/mol. The fourth-order valence-corrected chi connectivity index (χ4v) is 3.38. The van der Waals surface area contributed by atoms with Crippen molar-refractivity contribution < 1.29 is 10.7 Å². The van der Waals surface area contributed by atoms with E-state index in [9.17, 15) is 0 Å². The second kappa shape index (κ2) is 8.59. The fourth-order valence-electron chi connectivity index (χ4n) is 2.61. The summed E-state index contributed by atoms with van der Waals surface area (Å²) in [5, 5.41) is 22.9. The van der Waals surface area contributed by atoms with Crippen LogP contribution in [-0.2, 0) is 0 Å². The number of nitrogens with two attached hydrogens (primary N) is 2. The van der Waals surface area contributed by atoms with Crippen LogP contribution in [-0.4, -0.2) is 40.7 Å². The monoisotopic (exact) mass is 369 g/mol. The molecular formula is C18H23N7S+2. The molecule has 134 valence electrons. The number of rotatable bonds is 7. The number of aromatic nitrogens is 2. The van der Waals surface area contributed by atoms with E-state index >= 15 is 0 Å². The molecular weight excluding hydrogens is 346 g/mol. The van der Waals surface area contributed by atoms with Crippen LogP contribution in [0.15, 0.2) is 42.9 Å². The molecule has 1 atom stereocenters. The SMILES string of the molecule is C[NH2+]/C=C(\C=N)c1cnc2ccc(NCSC(=[NH2+])C3C=CNC3)nc2c1. The molecule has 7 nitrogen and oxygen atoms in total. The van der Waals surface area contributed by atoms with Gasteiger partial charge in [0.05, 0.1) is 35.4 Å². The Kier molecular flexibility index (Phi) is 5.98. The number of fused-ring (bicyclic) bond motifs is 1. The molecule has 1 aliphatic heterocycles. The molecule has 0 radical (unpaired) electrons. The van der Waals surface area contributed by atoms with Gasteiger partial charge in [-0.15, -0.1) is 0 Å². The lowest BCUT2D eigenvalue weighted by Gasteiger charge is -2.08. The van der Waals surface area contributed by atoms with E-state index < -0.39 is 0 Å². The normalized spacial score (nSPS) is 16.5. The highest BCUT2D eigenvalue weighted by Crippen LogP contribution is 2.19. The van der Waals surface area contributed by atoms with Gasteiger partial charge in [-0.05, 0) is 36.2 Å². The minimum Gasteiger partial charge on any atom is -0.390 e. The number of anilines is 1. The van der Waals surface area contributed by atoms with Crippen LogP contribution in [0.3, 0.4) is 0 Å². The molecule has 7 N–H and O–H groups in total. The van der Waals surface area contributed by atoms with Gasteiger partial charge in [-0.2, -0.15) is 0 Å². The molecule has 26 heavy (non-hydrogen) atoms. The zero-order valence-corrected chi connectivity index (χ0v) is 15.4. The lowest BCUT2D eigenvalue weighted by Crippen LogP contribution is -2.72. The predicted octanol–water partition coefficient (Wildman–Crippen LogP) is -0.193. The Hall–Kier alpha value is -2.71. The first-order valence-corrected chi connectivity index (χ1v) is 9.36. The Morgan fingerprint density at radius 2 is 2.38 bits per heavy atom. The number of hydrogen-bond donors (Lipinski definition) is 5. The van der Waals surface area contributed by atoms with E-state index in [1.165, 1.54) is 6.21 Å². The quantitative estimate of drug-likeness (QED) is 0.263. The molecule has 8 heteroatoms. The Bertz CT molecular complexity index is 875. The van der Waals surface area contributed by atoms with Crippen LogP contribution in [0.2, 0.25) is 0 Å². The molecule has 0 spiro atoms. The number of pyridine rings is 2. The molecule has 3 rings (SSSR count). The van der Waals surface area contributed by atoms with E-state index in [2.05, 4.69) is 26.7 Å². The van der Waals surface area contributed by atoms with Gasteiger partial charge in [0.1, 0.15) is 12.0 Å². The summed E-state index contributed by atoms with van der Waals surface area (Å²) < 4.78 is 0. The summed E-state index contributed by atoms with van der Waals surface area (Å²) in [4.78, 5) is 9.07. The van der Waals surface area contributed by atoms with Crippen molar-refractivity contribution in [2.24, 2.45) is 5.92 Å². The number of nitrogens with zero attached hydrogens (tertiary/aromatic N) is 2. The van der Waals surface area contributed by atoms with Gasteiger partial charge in [0.25, 0.3) is 0 Å². The number of hydrogen-bond acceptors (Lipinski definition) is 6. The van der Waals surface area contributed by atoms with Crippen molar-refractivity contribution in [1.82, 2.24) is 15.3 Å². The second-order valence-corrected chi connectivity index (χ2v) is 6.85. The van der Waals surface area contributed by atoms with Gasteiger partial charge in [-0.3, -0.25) is 10.4 Å². The summed E-state index contributed by atoms with van der Waals surface area (Å²) in [6.45, 7) is 0.861. The van der Waals surface area contributed by atoms with Gasteiger partial charge in [-0.1, -0.05) is 6.08 Å². The average Bonchev–Trinajstić information content (AvgIpc) is 3.20. The molecule has 0 fully saturated rings. The summed E-state index contributed by atoms with van der Waals surface area (Å²) in [5.74, 6) is 1.71. The first kappa shape index (κ1) is 18.1. The largest absolute Gasteiger partial charge is 0.390 e. The number of nitrogens with one attached hydrogen (secondary N) is 3. The van der Waals surface area contributed by atoms with Crippen LogP contribution in [0, 0.1) is 11.3 Å². The molecule has 0 bridgehead atoms. The van der Waals surface area contributed by atoms with E-state index in [0.29, 0.717) is 5.88 Å². The Labute approximate surface area is 156 Å². The zero-order chi connectivity index (χ0) is 18.4. The van der Waals surface area contributed by atoms with E-state index in [1.54, 1.807) is 18.0 Å². The Balaban J connectivity index is 1.69. The standard InChI is InChI=1S/C18H21N7S/c1-21-8-14(7-19)13-6-16-15(23-10-13)2-3-17(25-16)24-11-26-18(20)12-4-5-22-9-12/h2-8,10,12,19-22H,9,11H2,1H3,(H,24,25)/p+2/b14-8+,19-7?,20-18?. The zero-order valence-electron chi connectivity index (χ0n) is 14.6. The molecule has 0 aliphatic carbocycles. The molecule has 0 aromatic carbocycles. The van der Waals surface area contributed by atoms with Crippen molar-refractivity contribution in [3.63, 3.8) is 0 Å². The first-order valence-electron chi connectivity index (χ1n) is 8.37. The molecule has 2 aromatic heterocycles. The van der Waals surface area contributed by atoms with Gasteiger partial charge in [0.2, 0.25) is 5.04 Å². The van der Waals surface area contributed by atoms with Crippen LogP contribution < -0.4 is 21.4 Å². The third kappa shape index (κ3) is 4.27. The summed E-state index contributed by atoms with van der Waals surface area (Å²) in [7, 11) is 1.93. The first-order chi connectivity index (χ1) is 12.7. The topological polar surface area (TPSA) is 116 Å². The maximum absolute atomic E-state index is 7.55. The molecule has 2 aromatic rings. The molecule has 0 amide bonds. The van der Waals surface area contributed by atoms with Gasteiger partial charge in [-0.25, -0.2) is 4.98 Å². The lowest BCUT2D eigenvalue weighted by molar-refractivity contribution is -0.555.